The maximum atomic E-state index is 13.3. The summed E-state index contributed by atoms with van der Waals surface area (Å²) in [6, 6.07) is 6.88. The number of hydrazone groups is 1. The Morgan fingerprint density at radius 3 is 2.50 bits per heavy atom. The van der Waals surface area contributed by atoms with Gasteiger partial charge in [0, 0.05) is 44.6 Å². The van der Waals surface area contributed by atoms with Crippen LogP contribution in [-0.4, -0.2) is 57.3 Å². The zero-order chi connectivity index (χ0) is 23.9. The van der Waals surface area contributed by atoms with E-state index in [9.17, 15) is 18.0 Å². The van der Waals surface area contributed by atoms with Crippen molar-refractivity contribution in [1.82, 2.24) is 24.2 Å². The van der Waals surface area contributed by atoms with Crippen LogP contribution in [0, 0.1) is 0 Å². The van der Waals surface area contributed by atoms with Crippen LogP contribution in [-0.2, 0) is 12.7 Å². The number of hydrogen-bond acceptors (Lipinski definition) is 5. The summed E-state index contributed by atoms with van der Waals surface area (Å²) in [4.78, 5) is 17.6. The first-order chi connectivity index (χ1) is 16.3. The number of hydrogen-bond donors (Lipinski definition) is 1. The minimum Gasteiger partial charge on any atom is -0.353 e. The third-order valence-electron chi connectivity index (χ3n) is 6.37. The van der Waals surface area contributed by atoms with Crippen molar-refractivity contribution in [2.75, 3.05) is 32.7 Å². The van der Waals surface area contributed by atoms with Gasteiger partial charge in [-0.3, -0.25) is 15.1 Å². The van der Waals surface area contributed by atoms with E-state index in [-0.39, 0.29) is 5.56 Å². The van der Waals surface area contributed by atoms with Crippen molar-refractivity contribution in [1.29, 1.82) is 0 Å². The lowest BCUT2D eigenvalue weighted by Crippen LogP contribution is -2.49. The van der Waals surface area contributed by atoms with Crippen molar-refractivity contribution in [3.63, 3.8) is 0 Å². The smallest absolute Gasteiger partial charge is 0.353 e. The summed E-state index contributed by atoms with van der Waals surface area (Å²) in [5.41, 5.74) is 3.98. The van der Waals surface area contributed by atoms with Crippen LogP contribution >= 0.6 is 0 Å². The molecule has 0 radical (unpaired) electrons. The highest BCUT2D eigenvalue weighted by atomic mass is 19.4. The first-order valence-electron chi connectivity index (χ1n) is 11.2. The zero-order valence-electron chi connectivity index (χ0n) is 18.6. The molecule has 0 spiro atoms. The van der Waals surface area contributed by atoms with Crippen molar-refractivity contribution in [3.05, 3.63) is 76.9 Å². The van der Waals surface area contributed by atoms with Gasteiger partial charge in [0.25, 0.3) is 5.56 Å². The molecule has 2 aliphatic rings. The Hall–Kier alpha value is -3.53. The van der Waals surface area contributed by atoms with Crippen molar-refractivity contribution < 1.29 is 13.2 Å². The van der Waals surface area contributed by atoms with Gasteiger partial charge in [-0.15, -0.1) is 0 Å². The molecule has 0 amide bonds. The number of piperazine rings is 1. The standard InChI is InChI=1S/C24H25F3N6O/c1-17-5-8-22(29-28-17)31-14-12-30(13-15-31)9-3-11-33-19-7-6-18(24(25,26)27)16-21(19)32-10-2-4-20(32)23(33)34/h2,4-8,10,16,28H,1,3,9,11-15H2. The number of aryl methyl sites for hydroxylation is 1. The molecule has 34 heavy (non-hydrogen) atoms. The predicted octanol–water partition coefficient (Wildman–Crippen LogP) is 3.27. The van der Waals surface area contributed by atoms with Crippen molar-refractivity contribution in [2.24, 2.45) is 5.10 Å². The maximum Gasteiger partial charge on any atom is 0.416 e. The van der Waals surface area contributed by atoms with Gasteiger partial charge >= 0.3 is 6.18 Å². The fourth-order valence-corrected chi connectivity index (χ4v) is 4.56. The molecule has 0 bridgehead atoms. The summed E-state index contributed by atoms with van der Waals surface area (Å²) >= 11 is 0. The summed E-state index contributed by atoms with van der Waals surface area (Å²) in [6.07, 6.45) is 1.75. The van der Waals surface area contributed by atoms with Crippen molar-refractivity contribution in [3.8, 4) is 0 Å². The molecule has 1 saturated heterocycles. The number of benzene rings is 1. The summed E-state index contributed by atoms with van der Waals surface area (Å²) in [7, 11) is 0. The molecule has 4 heterocycles. The molecular weight excluding hydrogens is 445 g/mol. The number of rotatable bonds is 4. The lowest BCUT2D eigenvalue weighted by atomic mass is 10.1. The Kier molecular flexibility index (Phi) is 5.68. The molecule has 1 aromatic carbocycles. The molecule has 2 aromatic heterocycles. The minimum absolute atomic E-state index is 0.196. The van der Waals surface area contributed by atoms with Crippen molar-refractivity contribution in [2.45, 2.75) is 19.1 Å². The zero-order valence-corrected chi connectivity index (χ0v) is 18.6. The van der Waals surface area contributed by atoms with E-state index in [1.165, 1.54) is 10.5 Å². The number of nitrogens with zero attached hydrogens (tertiary/aromatic N) is 5. The van der Waals surface area contributed by atoms with Gasteiger partial charge in [-0.2, -0.15) is 18.3 Å². The predicted molar refractivity (Wildman–Crippen MR) is 126 cm³/mol. The fourth-order valence-electron chi connectivity index (χ4n) is 4.56. The Morgan fingerprint density at radius 2 is 1.79 bits per heavy atom. The highest BCUT2D eigenvalue weighted by Crippen LogP contribution is 2.31. The van der Waals surface area contributed by atoms with E-state index in [1.54, 1.807) is 22.9 Å². The number of amidine groups is 1. The molecule has 178 valence electrons. The number of nitrogens with one attached hydrogen (secondary N) is 1. The van der Waals surface area contributed by atoms with Crippen LogP contribution in [0.15, 0.2) is 70.9 Å². The molecule has 0 saturated carbocycles. The van der Waals surface area contributed by atoms with Gasteiger partial charge in [0.15, 0.2) is 0 Å². The molecule has 5 rings (SSSR count). The lowest BCUT2D eigenvalue weighted by Gasteiger charge is -2.36. The van der Waals surface area contributed by atoms with E-state index < -0.39 is 11.7 Å². The van der Waals surface area contributed by atoms with Crippen LogP contribution in [0.25, 0.3) is 16.6 Å². The summed E-state index contributed by atoms with van der Waals surface area (Å²) in [5, 5.41) is 4.32. The molecule has 7 nitrogen and oxygen atoms in total. The second-order valence-electron chi connectivity index (χ2n) is 8.54. The van der Waals surface area contributed by atoms with Gasteiger partial charge in [0.05, 0.1) is 16.6 Å². The fraction of sp³-hybridized carbons (Fsp3) is 0.333. The second kappa shape index (κ2) is 8.68. The Morgan fingerprint density at radius 1 is 1.00 bits per heavy atom. The van der Waals surface area contributed by atoms with E-state index in [0.29, 0.717) is 23.1 Å². The van der Waals surface area contributed by atoms with Crippen LogP contribution in [0.2, 0.25) is 0 Å². The van der Waals surface area contributed by atoms with Crippen LogP contribution in [0.3, 0.4) is 0 Å². The maximum absolute atomic E-state index is 13.3. The monoisotopic (exact) mass is 470 g/mol. The average Bonchev–Trinajstić information content (AvgIpc) is 3.32. The molecule has 1 N–H and O–H groups in total. The molecule has 3 aromatic rings. The SMILES string of the molecule is C=C1C=CC(N2CCN(CCCn3c(=O)c4cccn4c4cc(C(F)(F)F)ccc43)CC2)=NN1. The number of halogens is 3. The highest BCUT2D eigenvalue weighted by Gasteiger charge is 2.31. The van der Waals surface area contributed by atoms with Gasteiger partial charge in [-0.25, -0.2) is 0 Å². The molecule has 0 unspecified atom stereocenters. The van der Waals surface area contributed by atoms with Gasteiger partial charge in [0.1, 0.15) is 11.4 Å². The summed E-state index contributed by atoms with van der Waals surface area (Å²) in [6.45, 7) is 8.47. The normalized spacial score (nSPS) is 17.4. The summed E-state index contributed by atoms with van der Waals surface area (Å²) in [5.74, 6) is 0.892. The summed E-state index contributed by atoms with van der Waals surface area (Å²) < 4.78 is 43.0. The number of fused-ring (bicyclic) bond motifs is 3. The largest absolute Gasteiger partial charge is 0.416 e. The van der Waals surface area contributed by atoms with Crippen LogP contribution in [0.5, 0.6) is 0 Å². The topological polar surface area (TPSA) is 57.3 Å². The first-order valence-corrected chi connectivity index (χ1v) is 11.2. The molecule has 10 heteroatoms. The number of aromatic nitrogens is 2. The molecular formula is C24H25F3N6O. The van der Waals surface area contributed by atoms with Gasteiger partial charge in [0.2, 0.25) is 0 Å². The second-order valence-corrected chi connectivity index (χ2v) is 8.54. The molecule has 1 fully saturated rings. The van der Waals surface area contributed by atoms with E-state index in [2.05, 4.69) is 26.9 Å². The Balaban J connectivity index is 1.29. The van der Waals surface area contributed by atoms with Gasteiger partial charge in [-0.05, 0) is 55.4 Å². The van der Waals surface area contributed by atoms with Crippen LogP contribution < -0.4 is 11.0 Å². The van der Waals surface area contributed by atoms with E-state index >= 15 is 0 Å². The number of allylic oxidation sites excluding steroid dienone is 1. The number of alkyl halides is 3. The van der Waals surface area contributed by atoms with Crippen LogP contribution in [0.4, 0.5) is 13.2 Å². The Labute approximate surface area is 194 Å². The van der Waals surface area contributed by atoms with Crippen LogP contribution in [0.1, 0.15) is 12.0 Å². The molecule has 2 aliphatic heterocycles. The first kappa shape index (κ1) is 22.3. The van der Waals surface area contributed by atoms with Gasteiger partial charge < -0.3 is 13.9 Å². The Bertz CT molecular complexity index is 1360. The van der Waals surface area contributed by atoms with E-state index in [0.717, 1.165) is 62.8 Å². The third-order valence-corrected chi connectivity index (χ3v) is 6.37. The van der Waals surface area contributed by atoms with Crippen molar-refractivity contribution >= 4 is 22.4 Å². The molecule has 0 atom stereocenters. The van der Waals surface area contributed by atoms with Gasteiger partial charge in [-0.1, -0.05) is 6.58 Å². The van der Waals surface area contributed by atoms with E-state index in [1.807, 2.05) is 12.2 Å². The quantitative estimate of drug-likeness (QED) is 0.636. The highest BCUT2D eigenvalue weighted by molar-refractivity contribution is 5.94. The average molecular weight is 470 g/mol. The van der Waals surface area contributed by atoms with E-state index in [4.69, 9.17) is 0 Å². The lowest BCUT2D eigenvalue weighted by molar-refractivity contribution is -0.137. The molecule has 0 aliphatic carbocycles. The third kappa shape index (κ3) is 4.21. The minimum atomic E-state index is -4.44.